The molecule has 126 valence electrons. The number of anilines is 1. The second kappa shape index (κ2) is 7.82. The maximum absolute atomic E-state index is 12.4. The van der Waals surface area contributed by atoms with Gasteiger partial charge in [-0.3, -0.25) is 4.79 Å². The monoisotopic (exact) mass is 315 g/mol. The van der Waals surface area contributed by atoms with Crippen molar-refractivity contribution in [3.8, 4) is 0 Å². The third kappa shape index (κ3) is 4.25. The van der Waals surface area contributed by atoms with Crippen LogP contribution in [-0.4, -0.2) is 31.1 Å². The Morgan fingerprint density at radius 1 is 1.04 bits per heavy atom. The molecule has 4 nitrogen and oxygen atoms in total. The Kier molecular flexibility index (Phi) is 5.55. The molecule has 0 spiro atoms. The van der Waals surface area contributed by atoms with Crippen molar-refractivity contribution in [1.82, 2.24) is 5.32 Å². The van der Waals surface area contributed by atoms with Gasteiger partial charge in [0, 0.05) is 24.8 Å². The summed E-state index contributed by atoms with van der Waals surface area (Å²) in [7, 11) is 0. The molecule has 1 aliphatic heterocycles. The first-order valence-corrected chi connectivity index (χ1v) is 9.10. The fraction of sp³-hybridized carbons (Fsp3) is 0.632. The molecule has 1 aromatic carbocycles. The third-order valence-corrected chi connectivity index (χ3v) is 5.42. The standard InChI is InChI=1S/C19H29N3O/c20-18(15-7-3-1-4-8-15)19(23)21-16-11-13-22(14-12-16)17-9-5-2-6-10-17/h2,5-6,9-10,15-16,18H,1,3-4,7-8,11-14,20H2,(H,21,23). The fourth-order valence-corrected chi connectivity index (χ4v) is 3.93. The van der Waals surface area contributed by atoms with Gasteiger partial charge >= 0.3 is 0 Å². The van der Waals surface area contributed by atoms with E-state index in [0.717, 1.165) is 38.8 Å². The number of nitrogens with two attached hydrogens (primary N) is 1. The quantitative estimate of drug-likeness (QED) is 0.898. The summed E-state index contributed by atoms with van der Waals surface area (Å²) in [6.07, 6.45) is 7.96. The molecule has 2 fully saturated rings. The number of benzene rings is 1. The summed E-state index contributed by atoms with van der Waals surface area (Å²) < 4.78 is 0. The number of piperidine rings is 1. The summed E-state index contributed by atoms with van der Waals surface area (Å²) in [6.45, 7) is 1.99. The van der Waals surface area contributed by atoms with Gasteiger partial charge in [0.15, 0.2) is 0 Å². The summed E-state index contributed by atoms with van der Waals surface area (Å²) in [5.41, 5.74) is 7.48. The number of nitrogens with zero attached hydrogens (tertiary/aromatic N) is 1. The van der Waals surface area contributed by atoms with Crippen LogP contribution in [0.15, 0.2) is 30.3 Å². The molecule has 1 aliphatic carbocycles. The number of amides is 1. The van der Waals surface area contributed by atoms with Crippen LogP contribution in [0.2, 0.25) is 0 Å². The van der Waals surface area contributed by atoms with Crippen molar-refractivity contribution in [2.45, 2.75) is 57.0 Å². The molecule has 1 amide bonds. The van der Waals surface area contributed by atoms with E-state index in [2.05, 4.69) is 34.5 Å². The Hall–Kier alpha value is -1.55. The van der Waals surface area contributed by atoms with Crippen molar-refractivity contribution in [1.29, 1.82) is 0 Å². The number of carbonyl (C=O) groups is 1. The van der Waals surface area contributed by atoms with Crippen LogP contribution in [0.1, 0.15) is 44.9 Å². The van der Waals surface area contributed by atoms with E-state index in [-0.39, 0.29) is 18.0 Å². The van der Waals surface area contributed by atoms with Gasteiger partial charge in [0.05, 0.1) is 6.04 Å². The predicted octanol–water partition coefficient (Wildman–Crippen LogP) is 2.68. The largest absolute Gasteiger partial charge is 0.371 e. The van der Waals surface area contributed by atoms with Crippen LogP contribution < -0.4 is 16.0 Å². The maximum Gasteiger partial charge on any atom is 0.237 e. The molecular weight excluding hydrogens is 286 g/mol. The number of hydrogen-bond acceptors (Lipinski definition) is 3. The Bertz CT molecular complexity index is 491. The van der Waals surface area contributed by atoms with E-state index >= 15 is 0 Å². The second-order valence-corrected chi connectivity index (χ2v) is 7.03. The molecule has 0 aromatic heterocycles. The number of rotatable bonds is 4. The zero-order valence-electron chi connectivity index (χ0n) is 13.9. The van der Waals surface area contributed by atoms with Gasteiger partial charge in [-0.1, -0.05) is 37.5 Å². The van der Waals surface area contributed by atoms with Crippen LogP contribution in [0.5, 0.6) is 0 Å². The average molecular weight is 315 g/mol. The van der Waals surface area contributed by atoms with E-state index in [1.807, 2.05) is 6.07 Å². The van der Waals surface area contributed by atoms with E-state index in [1.54, 1.807) is 0 Å². The molecule has 1 atom stereocenters. The maximum atomic E-state index is 12.4. The minimum atomic E-state index is -0.317. The Morgan fingerprint density at radius 3 is 2.35 bits per heavy atom. The van der Waals surface area contributed by atoms with Gasteiger partial charge in [0.25, 0.3) is 0 Å². The van der Waals surface area contributed by atoms with Gasteiger partial charge in [-0.25, -0.2) is 0 Å². The highest BCUT2D eigenvalue weighted by atomic mass is 16.2. The van der Waals surface area contributed by atoms with Crippen molar-refractivity contribution in [3.05, 3.63) is 30.3 Å². The molecule has 3 N–H and O–H groups in total. The van der Waals surface area contributed by atoms with E-state index in [4.69, 9.17) is 5.73 Å². The first-order chi connectivity index (χ1) is 11.2. The number of nitrogens with one attached hydrogen (secondary N) is 1. The zero-order chi connectivity index (χ0) is 16.1. The highest BCUT2D eigenvalue weighted by Crippen LogP contribution is 2.26. The summed E-state index contributed by atoms with van der Waals surface area (Å²) in [5, 5.41) is 3.20. The van der Waals surface area contributed by atoms with Crippen LogP contribution >= 0.6 is 0 Å². The third-order valence-electron chi connectivity index (χ3n) is 5.42. The number of para-hydroxylation sites is 1. The summed E-state index contributed by atoms with van der Waals surface area (Å²) in [6, 6.07) is 10.5. The van der Waals surface area contributed by atoms with Gasteiger partial charge in [0.1, 0.15) is 0 Å². The Labute approximate surface area is 139 Å². The average Bonchev–Trinajstić information content (AvgIpc) is 2.63. The Balaban J connectivity index is 1.45. The molecule has 3 rings (SSSR count). The Morgan fingerprint density at radius 2 is 1.70 bits per heavy atom. The summed E-state index contributed by atoms with van der Waals surface area (Å²) >= 11 is 0. The van der Waals surface area contributed by atoms with Crippen LogP contribution in [0.25, 0.3) is 0 Å². The fourth-order valence-electron chi connectivity index (χ4n) is 3.93. The molecule has 0 radical (unpaired) electrons. The first-order valence-electron chi connectivity index (χ1n) is 9.10. The lowest BCUT2D eigenvalue weighted by Crippen LogP contribution is -2.52. The number of carbonyl (C=O) groups excluding carboxylic acids is 1. The van der Waals surface area contributed by atoms with Gasteiger partial charge in [-0.2, -0.15) is 0 Å². The molecule has 1 saturated heterocycles. The van der Waals surface area contributed by atoms with Crippen LogP contribution in [0.4, 0.5) is 5.69 Å². The molecule has 0 bridgehead atoms. The van der Waals surface area contributed by atoms with Crippen molar-refractivity contribution in [2.24, 2.45) is 11.7 Å². The first kappa shape index (κ1) is 16.3. The SMILES string of the molecule is NC(C(=O)NC1CCN(c2ccccc2)CC1)C1CCCCC1. The van der Waals surface area contributed by atoms with Gasteiger partial charge < -0.3 is 16.0 Å². The molecule has 2 aliphatic rings. The highest BCUT2D eigenvalue weighted by Gasteiger charge is 2.28. The molecule has 1 aromatic rings. The smallest absolute Gasteiger partial charge is 0.237 e. The van der Waals surface area contributed by atoms with Crippen molar-refractivity contribution >= 4 is 11.6 Å². The second-order valence-electron chi connectivity index (χ2n) is 7.03. The van der Waals surface area contributed by atoms with E-state index in [1.165, 1.54) is 24.9 Å². The van der Waals surface area contributed by atoms with Crippen molar-refractivity contribution in [3.63, 3.8) is 0 Å². The van der Waals surface area contributed by atoms with Gasteiger partial charge in [-0.05, 0) is 43.7 Å². The van der Waals surface area contributed by atoms with Gasteiger partial charge in [-0.15, -0.1) is 0 Å². The van der Waals surface area contributed by atoms with Crippen molar-refractivity contribution < 1.29 is 4.79 Å². The van der Waals surface area contributed by atoms with E-state index in [9.17, 15) is 4.79 Å². The topological polar surface area (TPSA) is 58.4 Å². The lowest BCUT2D eigenvalue weighted by atomic mass is 9.84. The summed E-state index contributed by atoms with van der Waals surface area (Å²) in [5.74, 6) is 0.447. The summed E-state index contributed by atoms with van der Waals surface area (Å²) in [4.78, 5) is 14.8. The minimum absolute atomic E-state index is 0.0649. The van der Waals surface area contributed by atoms with E-state index in [0.29, 0.717) is 5.92 Å². The molecule has 1 unspecified atom stereocenters. The normalized spacial score (nSPS) is 21.9. The molecule has 1 saturated carbocycles. The predicted molar refractivity (Wildman–Crippen MR) is 94.4 cm³/mol. The lowest BCUT2D eigenvalue weighted by Gasteiger charge is -2.35. The number of hydrogen-bond donors (Lipinski definition) is 2. The highest BCUT2D eigenvalue weighted by molar-refractivity contribution is 5.82. The van der Waals surface area contributed by atoms with Crippen LogP contribution in [-0.2, 0) is 4.79 Å². The molecule has 4 heteroatoms. The zero-order valence-corrected chi connectivity index (χ0v) is 13.9. The minimum Gasteiger partial charge on any atom is -0.371 e. The lowest BCUT2D eigenvalue weighted by molar-refractivity contribution is -0.124. The van der Waals surface area contributed by atoms with Gasteiger partial charge in [0.2, 0.25) is 5.91 Å². The van der Waals surface area contributed by atoms with E-state index < -0.39 is 0 Å². The van der Waals surface area contributed by atoms with Crippen LogP contribution in [0.3, 0.4) is 0 Å². The van der Waals surface area contributed by atoms with Crippen LogP contribution in [0, 0.1) is 5.92 Å². The molecule has 23 heavy (non-hydrogen) atoms. The van der Waals surface area contributed by atoms with Crippen molar-refractivity contribution in [2.75, 3.05) is 18.0 Å². The molecular formula is C19H29N3O. The molecule has 1 heterocycles.